The molecule has 0 bridgehead atoms. The monoisotopic (exact) mass is 337 g/mol. The van der Waals surface area contributed by atoms with Gasteiger partial charge in [-0.1, -0.05) is 37.3 Å². The van der Waals surface area contributed by atoms with Crippen molar-refractivity contribution in [1.29, 1.82) is 0 Å². The number of fused-ring (bicyclic) bond motifs is 1. The molecule has 3 amide bonds. The summed E-state index contributed by atoms with van der Waals surface area (Å²) in [4.78, 5) is 25.9. The van der Waals surface area contributed by atoms with E-state index in [4.69, 9.17) is 0 Å². The van der Waals surface area contributed by atoms with E-state index in [1.54, 1.807) is 0 Å². The lowest BCUT2D eigenvalue weighted by Gasteiger charge is -2.16. The van der Waals surface area contributed by atoms with E-state index in [-0.39, 0.29) is 11.9 Å². The smallest absolute Gasteiger partial charge is 0.319 e. The van der Waals surface area contributed by atoms with Crippen molar-refractivity contribution in [2.45, 2.75) is 33.2 Å². The number of nitrogens with zero attached hydrogens (tertiary/aromatic N) is 1. The average Bonchev–Trinajstić information content (AvgIpc) is 3.04. The van der Waals surface area contributed by atoms with Crippen LogP contribution in [0, 0.1) is 6.92 Å². The molecule has 2 N–H and O–H groups in total. The molecule has 1 heterocycles. The number of anilines is 2. The molecule has 0 aliphatic carbocycles. The lowest BCUT2D eigenvalue weighted by Crippen LogP contribution is -2.28. The van der Waals surface area contributed by atoms with Crippen molar-refractivity contribution >= 4 is 23.3 Å². The molecule has 0 spiro atoms. The van der Waals surface area contributed by atoms with E-state index >= 15 is 0 Å². The normalized spacial score (nSPS) is 12.6. The van der Waals surface area contributed by atoms with Crippen LogP contribution in [0.2, 0.25) is 0 Å². The molecule has 2 aromatic carbocycles. The van der Waals surface area contributed by atoms with Gasteiger partial charge in [-0.25, -0.2) is 4.79 Å². The first kappa shape index (κ1) is 17.0. The Balaban J connectivity index is 1.60. The van der Waals surface area contributed by atoms with Gasteiger partial charge in [0.05, 0.1) is 0 Å². The number of urea groups is 1. The Morgan fingerprint density at radius 3 is 2.72 bits per heavy atom. The van der Waals surface area contributed by atoms with Gasteiger partial charge in [-0.15, -0.1) is 0 Å². The van der Waals surface area contributed by atoms with E-state index < -0.39 is 0 Å². The van der Waals surface area contributed by atoms with E-state index in [9.17, 15) is 9.59 Å². The second kappa shape index (κ2) is 7.38. The highest BCUT2D eigenvalue weighted by Gasteiger charge is 2.23. The van der Waals surface area contributed by atoms with Crippen molar-refractivity contribution in [1.82, 2.24) is 5.32 Å². The van der Waals surface area contributed by atoms with Crippen LogP contribution in [0.15, 0.2) is 42.5 Å². The predicted octanol–water partition coefficient (Wildman–Crippen LogP) is 3.62. The number of benzene rings is 2. The third-order valence-corrected chi connectivity index (χ3v) is 4.49. The molecule has 5 nitrogen and oxygen atoms in total. The molecule has 2 aromatic rings. The molecule has 25 heavy (non-hydrogen) atoms. The van der Waals surface area contributed by atoms with E-state index in [2.05, 4.69) is 16.7 Å². The highest BCUT2D eigenvalue weighted by Crippen LogP contribution is 2.29. The standard InChI is InChI=1S/C20H23N3O2/c1-3-19(24)23-11-10-16-12-15(8-9-18(16)23)13-21-20(25)22-17-7-5-4-6-14(17)2/h4-9,12H,3,10-11,13H2,1-2H3,(H2,21,22,25). The molecule has 0 radical (unpaired) electrons. The van der Waals surface area contributed by atoms with Crippen molar-refractivity contribution in [3.05, 3.63) is 59.2 Å². The van der Waals surface area contributed by atoms with Crippen LogP contribution in [-0.2, 0) is 17.8 Å². The maximum atomic E-state index is 12.1. The van der Waals surface area contributed by atoms with E-state index in [0.29, 0.717) is 13.0 Å². The maximum absolute atomic E-state index is 12.1. The van der Waals surface area contributed by atoms with Crippen LogP contribution in [0.3, 0.4) is 0 Å². The molecule has 0 saturated heterocycles. The summed E-state index contributed by atoms with van der Waals surface area (Å²) in [5, 5.41) is 5.74. The summed E-state index contributed by atoms with van der Waals surface area (Å²) in [6.45, 7) is 5.03. The van der Waals surface area contributed by atoms with Crippen molar-refractivity contribution < 1.29 is 9.59 Å². The summed E-state index contributed by atoms with van der Waals surface area (Å²) in [5.41, 5.74) is 5.03. The molecule has 0 saturated carbocycles. The molecule has 130 valence electrons. The first-order valence-corrected chi connectivity index (χ1v) is 8.61. The summed E-state index contributed by atoms with van der Waals surface area (Å²) >= 11 is 0. The number of hydrogen-bond acceptors (Lipinski definition) is 2. The van der Waals surface area contributed by atoms with Crippen LogP contribution in [0.25, 0.3) is 0 Å². The SMILES string of the molecule is CCC(=O)N1CCc2cc(CNC(=O)Nc3ccccc3C)ccc21. The Labute approximate surface area is 148 Å². The fraction of sp³-hybridized carbons (Fsp3) is 0.300. The number of hydrogen-bond donors (Lipinski definition) is 2. The fourth-order valence-corrected chi connectivity index (χ4v) is 3.08. The Kier molecular flexibility index (Phi) is 5.03. The van der Waals surface area contributed by atoms with Gasteiger partial charge in [0.2, 0.25) is 5.91 Å². The Morgan fingerprint density at radius 1 is 1.16 bits per heavy atom. The topological polar surface area (TPSA) is 61.4 Å². The molecular weight excluding hydrogens is 314 g/mol. The van der Waals surface area contributed by atoms with Gasteiger partial charge in [0.25, 0.3) is 0 Å². The molecule has 0 atom stereocenters. The number of nitrogens with one attached hydrogen (secondary N) is 2. The lowest BCUT2D eigenvalue weighted by atomic mass is 10.1. The Morgan fingerprint density at radius 2 is 1.96 bits per heavy atom. The predicted molar refractivity (Wildman–Crippen MR) is 99.8 cm³/mol. The first-order valence-electron chi connectivity index (χ1n) is 8.61. The molecule has 5 heteroatoms. The molecule has 3 rings (SSSR count). The third-order valence-electron chi connectivity index (χ3n) is 4.49. The van der Waals surface area contributed by atoms with Crippen LogP contribution >= 0.6 is 0 Å². The van der Waals surface area contributed by atoms with Gasteiger partial charge in [-0.05, 0) is 42.2 Å². The largest absolute Gasteiger partial charge is 0.334 e. The van der Waals surface area contributed by atoms with Gasteiger partial charge >= 0.3 is 6.03 Å². The maximum Gasteiger partial charge on any atom is 0.319 e. The van der Waals surface area contributed by atoms with Crippen LogP contribution in [-0.4, -0.2) is 18.5 Å². The zero-order chi connectivity index (χ0) is 17.8. The van der Waals surface area contributed by atoms with Gasteiger partial charge in [0.1, 0.15) is 0 Å². The van der Waals surface area contributed by atoms with Crippen molar-refractivity contribution in [2.75, 3.05) is 16.8 Å². The van der Waals surface area contributed by atoms with Crippen molar-refractivity contribution in [3.8, 4) is 0 Å². The molecule has 0 fully saturated rings. The van der Waals surface area contributed by atoms with Crippen molar-refractivity contribution in [3.63, 3.8) is 0 Å². The Hall–Kier alpha value is -2.82. The van der Waals surface area contributed by atoms with E-state index in [0.717, 1.165) is 35.5 Å². The molecular formula is C20H23N3O2. The van der Waals surface area contributed by atoms with Gasteiger partial charge in [-0.2, -0.15) is 0 Å². The summed E-state index contributed by atoms with van der Waals surface area (Å²) in [6, 6.07) is 13.5. The number of carbonyl (C=O) groups excluding carboxylic acids is 2. The number of amides is 3. The second-order valence-electron chi connectivity index (χ2n) is 6.23. The number of para-hydroxylation sites is 1. The van der Waals surface area contributed by atoms with Gasteiger partial charge in [-0.3, -0.25) is 4.79 Å². The lowest BCUT2D eigenvalue weighted by molar-refractivity contribution is -0.118. The molecule has 1 aliphatic rings. The van der Waals surface area contributed by atoms with Crippen LogP contribution in [0.4, 0.5) is 16.2 Å². The third kappa shape index (κ3) is 3.82. The summed E-state index contributed by atoms with van der Waals surface area (Å²) in [7, 11) is 0. The highest BCUT2D eigenvalue weighted by atomic mass is 16.2. The van der Waals surface area contributed by atoms with Crippen LogP contribution < -0.4 is 15.5 Å². The van der Waals surface area contributed by atoms with E-state index in [1.165, 1.54) is 5.56 Å². The van der Waals surface area contributed by atoms with Crippen LogP contribution in [0.5, 0.6) is 0 Å². The zero-order valence-electron chi connectivity index (χ0n) is 14.6. The highest BCUT2D eigenvalue weighted by molar-refractivity contribution is 5.95. The van der Waals surface area contributed by atoms with Gasteiger partial charge in [0, 0.05) is 30.9 Å². The van der Waals surface area contributed by atoms with Crippen molar-refractivity contribution in [2.24, 2.45) is 0 Å². The summed E-state index contributed by atoms with van der Waals surface area (Å²) in [6.07, 6.45) is 1.38. The molecule has 0 unspecified atom stereocenters. The Bertz CT molecular complexity index is 801. The minimum atomic E-state index is -0.224. The minimum Gasteiger partial charge on any atom is -0.334 e. The molecule has 0 aromatic heterocycles. The number of rotatable bonds is 4. The second-order valence-corrected chi connectivity index (χ2v) is 6.23. The minimum absolute atomic E-state index is 0.155. The summed E-state index contributed by atoms with van der Waals surface area (Å²) in [5.74, 6) is 0.155. The quantitative estimate of drug-likeness (QED) is 0.895. The van der Waals surface area contributed by atoms with E-state index in [1.807, 2.05) is 55.1 Å². The summed E-state index contributed by atoms with van der Waals surface area (Å²) < 4.78 is 0. The number of aryl methyl sites for hydroxylation is 1. The average molecular weight is 337 g/mol. The van der Waals surface area contributed by atoms with Crippen LogP contribution in [0.1, 0.15) is 30.0 Å². The fourth-order valence-electron chi connectivity index (χ4n) is 3.08. The first-order chi connectivity index (χ1) is 12.1. The van der Waals surface area contributed by atoms with Gasteiger partial charge in [0.15, 0.2) is 0 Å². The number of carbonyl (C=O) groups is 2. The van der Waals surface area contributed by atoms with Gasteiger partial charge < -0.3 is 15.5 Å². The molecule has 1 aliphatic heterocycles. The zero-order valence-corrected chi connectivity index (χ0v) is 14.6.